The topological polar surface area (TPSA) is 105 Å². The molecule has 30 heavy (non-hydrogen) atoms. The Hall–Kier alpha value is -3.14. The average Bonchev–Trinajstić information content (AvgIpc) is 3.13. The number of hydrogen-bond acceptors (Lipinski definition) is 5. The number of nitrogens with zero attached hydrogens (tertiary/aromatic N) is 3. The molecule has 0 fully saturated rings. The summed E-state index contributed by atoms with van der Waals surface area (Å²) in [6, 6.07) is 14.6. The van der Waals surface area contributed by atoms with Gasteiger partial charge in [0.2, 0.25) is 0 Å². The number of benzene rings is 2. The molecule has 2 aromatic carbocycles. The SMILES string of the molecule is O=C(Nc1ccccc1)c1cnn2ccc(NS(=O)(=O)c3cccc(Cl)c3Cl)nc12. The fraction of sp³-hybridized carbons (Fsp3) is 0. The molecule has 0 unspecified atom stereocenters. The van der Waals surface area contributed by atoms with Gasteiger partial charge in [0, 0.05) is 11.9 Å². The van der Waals surface area contributed by atoms with E-state index >= 15 is 0 Å². The van der Waals surface area contributed by atoms with Crippen molar-refractivity contribution in [3.63, 3.8) is 0 Å². The van der Waals surface area contributed by atoms with Crippen molar-refractivity contribution in [2.75, 3.05) is 10.0 Å². The van der Waals surface area contributed by atoms with Crippen molar-refractivity contribution in [2.45, 2.75) is 4.90 Å². The summed E-state index contributed by atoms with van der Waals surface area (Å²) < 4.78 is 29.1. The van der Waals surface area contributed by atoms with Crippen LogP contribution in [0.5, 0.6) is 0 Å². The standard InChI is InChI=1S/C19H13Cl2N5O3S/c20-14-7-4-8-15(17(14)21)30(28,29)25-16-9-10-26-18(24-16)13(11-22-26)19(27)23-12-5-2-1-3-6-12/h1-11H,(H,23,27)(H,24,25). The Morgan fingerprint density at radius 3 is 2.53 bits per heavy atom. The van der Waals surface area contributed by atoms with E-state index in [4.69, 9.17) is 23.2 Å². The summed E-state index contributed by atoms with van der Waals surface area (Å²) in [7, 11) is -4.06. The smallest absolute Gasteiger partial charge is 0.264 e. The van der Waals surface area contributed by atoms with Crippen LogP contribution in [-0.4, -0.2) is 28.9 Å². The summed E-state index contributed by atoms with van der Waals surface area (Å²) in [5, 5.41) is 6.83. The largest absolute Gasteiger partial charge is 0.322 e. The highest BCUT2D eigenvalue weighted by molar-refractivity contribution is 7.92. The van der Waals surface area contributed by atoms with Crippen molar-refractivity contribution in [1.29, 1.82) is 0 Å². The fourth-order valence-corrected chi connectivity index (χ4v) is 4.45. The Labute approximate surface area is 181 Å². The monoisotopic (exact) mass is 461 g/mol. The number of amides is 1. The Balaban J connectivity index is 1.66. The van der Waals surface area contributed by atoms with Crippen molar-refractivity contribution < 1.29 is 13.2 Å². The number of carbonyl (C=O) groups excluding carboxylic acids is 1. The number of rotatable bonds is 5. The highest BCUT2D eigenvalue weighted by Gasteiger charge is 2.21. The molecule has 2 N–H and O–H groups in total. The van der Waals surface area contributed by atoms with Gasteiger partial charge in [0.05, 0.1) is 16.2 Å². The molecular weight excluding hydrogens is 449 g/mol. The lowest BCUT2D eigenvalue weighted by molar-refractivity contribution is 0.102. The second kappa shape index (κ2) is 7.94. The average molecular weight is 462 g/mol. The molecule has 4 aromatic rings. The zero-order chi connectivity index (χ0) is 21.3. The van der Waals surface area contributed by atoms with Gasteiger partial charge in [-0.05, 0) is 30.3 Å². The van der Waals surface area contributed by atoms with Crippen LogP contribution in [-0.2, 0) is 10.0 Å². The highest BCUT2D eigenvalue weighted by atomic mass is 35.5. The first-order valence-electron chi connectivity index (χ1n) is 8.53. The normalized spacial score (nSPS) is 11.4. The molecular formula is C19H13Cl2N5O3S. The number of carbonyl (C=O) groups is 1. The molecule has 0 saturated heterocycles. The van der Waals surface area contributed by atoms with Crippen LogP contribution >= 0.6 is 23.2 Å². The van der Waals surface area contributed by atoms with Gasteiger partial charge in [0.25, 0.3) is 15.9 Å². The van der Waals surface area contributed by atoms with Crippen LogP contribution in [0.2, 0.25) is 10.0 Å². The molecule has 4 rings (SSSR count). The van der Waals surface area contributed by atoms with Gasteiger partial charge in [0.1, 0.15) is 16.3 Å². The summed E-state index contributed by atoms with van der Waals surface area (Å²) in [6.45, 7) is 0. The zero-order valence-corrected chi connectivity index (χ0v) is 17.4. The van der Waals surface area contributed by atoms with Crippen molar-refractivity contribution >= 4 is 56.3 Å². The van der Waals surface area contributed by atoms with Crippen LogP contribution in [0.4, 0.5) is 11.5 Å². The molecule has 152 valence electrons. The molecule has 0 spiro atoms. The van der Waals surface area contributed by atoms with Crippen LogP contribution in [0, 0.1) is 0 Å². The Morgan fingerprint density at radius 2 is 1.77 bits per heavy atom. The van der Waals surface area contributed by atoms with E-state index in [1.54, 1.807) is 24.3 Å². The van der Waals surface area contributed by atoms with E-state index in [0.717, 1.165) is 0 Å². The van der Waals surface area contributed by atoms with Gasteiger partial charge in [-0.25, -0.2) is 17.9 Å². The number of aromatic nitrogens is 3. The fourth-order valence-electron chi connectivity index (χ4n) is 2.69. The van der Waals surface area contributed by atoms with Gasteiger partial charge < -0.3 is 5.32 Å². The maximum atomic E-state index is 12.7. The quantitative estimate of drug-likeness (QED) is 0.465. The number of halogens is 2. The van der Waals surface area contributed by atoms with Crippen LogP contribution in [0.3, 0.4) is 0 Å². The number of para-hydroxylation sites is 1. The molecule has 2 aromatic heterocycles. The third-order valence-corrected chi connectivity index (χ3v) is 6.42. The molecule has 1 amide bonds. The predicted octanol–water partition coefficient (Wildman–Crippen LogP) is 4.09. The summed E-state index contributed by atoms with van der Waals surface area (Å²) in [5.74, 6) is -0.436. The molecule has 11 heteroatoms. The first kappa shape index (κ1) is 20.1. The summed E-state index contributed by atoms with van der Waals surface area (Å²) in [5.41, 5.74) is 0.968. The lowest BCUT2D eigenvalue weighted by Gasteiger charge is -2.10. The first-order valence-corrected chi connectivity index (χ1v) is 10.8. The molecule has 0 radical (unpaired) electrons. The van der Waals surface area contributed by atoms with Crippen molar-refractivity contribution in [2.24, 2.45) is 0 Å². The van der Waals surface area contributed by atoms with Gasteiger partial charge in [0.15, 0.2) is 5.65 Å². The van der Waals surface area contributed by atoms with Crippen LogP contribution < -0.4 is 10.0 Å². The maximum Gasteiger partial charge on any atom is 0.264 e. The van der Waals surface area contributed by atoms with E-state index < -0.39 is 15.9 Å². The molecule has 0 aliphatic rings. The van der Waals surface area contributed by atoms with Crippen LogP contribution in [0.25, 0.3) is 5.65 Å². The third kappa shape index (κ3) is 3.95. The van der Waals surface area contributed by atoms with E-state index in [1.807, 2.05) is 6.07 Å². The van der Waals surface area contributed by atoms with Crippen molar-refractivity contribution in [3.05, 3.63) is 82.6 Å². The lowest BCUT2D eigenvalue weighted by Crippen LogP contribution is -2.16. The predicted molar refractivity (Wildman–Crippen MR) is 115 cm³/mol. The number of nitrogens with one attached hydrogen (secondary N) is 2. The van der Waals surface area contributed by atoms with E-state index in [2.05, 4.69) is 20.1 Å². The lowest BCUT2D eigenvalue weighted by atomic mass is 10.2. The van der Waals surface area contributed by atoms with Gasteiger partial charge in [-0.15, -0.1) is 0 Å². The van der Waals surface area contributed by atoms with E-state index in [0.29, 0.717) is 5.69 Å². The second-order valence-electron chi connectivity index (χ2n) is 6.12. The molecule has 0 atom stereocenters. The van der Waals surface area contributed by atoms with Gasteiger partial charge in [-0.3, -0.25) is 9.52 Å². The first-order chi connectivity index (χ1) is 14.3. The van der Waals surface area contributed by atoms with Gasteiger partial charge in [-0.1, -0.05) is 47.5 Å². The molecule has 0 aliphatic carbocycles. The number of sulfonamides is 1. The van der Waals surface area contributed by atoms with Crippen molar-refractivity contribution in [1.82, 2.24) is 14.6 Å². The number of anilines is 2. The number of hydrogen-bond donors (Lipinski definition) is 2. The Kier molecular flexibility index (Phi) is 5.33. The van der Waals surface area contributed by atoms with Crippen molar-refractivity contribution in [3.8, 4) is 0 Å². The van der Waals surface area contributed by atoms with E-state index in [-0.39, 0.29) is 32.0 Å². The van der Waals surface area contributed by atoms with E-state index in [9.17, 15) is 13.2 Å². The number of fused-ring (bicyclic) bond motifs is 1. The minimum absolute atomic E-state index is 0.00666. The Morgan fingerprint density at radius 1 is 1.00 bits per heavy atom. The van der Waals surface area contributed by atoms with Gasteiger partial charge >= 0.3 is 0 Å². The highest BCUT2D eigenvalue weighted by Crippen LogP contribution is 2.30. The van der Waals surface area contributed by atoms with E-state index in [1.165, 1.54) is 41.2 Å². The molecule has 2 heterocycles. The molecule has 0 aliphatic heterocycles. The summed E-state index contributed by atoms with van der Waals surface area (Å²) in [4.78, 5) is 16.7. The minimum Gasteiger partial charge on any atom is -0.322 e. The third-order valence-electron chi connectivity index (χ3n) is 4.09. The van der Waals surface area contributed by atoms with Crippen LogP contribution in [0.1, 0.15) is 10.4 Å². The second-order valence-corrected chi connectivity index (χ2v) is 8.55. The summed E-state index contributed by atoms with van der Waals surface area (Å²) in [6.07, 6.45) is 2.84. The Bertz CT molecular complexity index is 1360. The molecule has 0 saturated carbocycles. The molecule has 8 nitrogen and oxygen atoms in total. The maximum absolute atomic E-state index is 12.7. The summed E-state index contributed by atoms with van der Waals surface area (Å²) >= 11 is 11.9. The minimum atomic E-state index is -4.06. The zero-order valence-electron chi connectivity index (χ0n) is 15.1. The van der Waals surface area contributed by atoms with Crippen LogP contribution in [0.15, 0.2) is 71.9 Å². The van der Waals surface area contributed by atoms with Gasteiger partial charge in [-0.2, -0.15) is 5.10 Å². The molecule has 0 bridgehead atoms.